The largest absolute Gasteiger partial charge is 0.507 e. The van der Waals surface area contributed by atoms with Gasteiger partial charge < -0.3 is 35.2 Å². The van der Waals surface area contributed by atoms with Gasteiger partial charge in [-0.25, -0.2) is 0 Å². The molecular formula is C33H47NO10. The number of carbonyl (C=O) groups excluding carboxylic acids is 4. The highest BCUT2D eigenvalue weighted by atomic mass is 16.7. The van der Waals surface area contributed by atoms with E-state index >= 15 is 0 Å². The Bertz CT molecular complexity index is 1400. The first-order chi connectivity index (χ1) is 20.5. The Morgan fingerprint density at radius 3 is 2.48 bits per heavy atom. The van der Waals surface area contributed by atoms with Crippen molar-refractivity contribution in [1.29, 1.82) is 0 Å². The van der Waals surface area contributed by atoms with Crippen LogP contribution in [0, 0.1) is 17.8 Å². The van der Waals surface area contributed by atoms with E-state index in [1.54, 1.807) is 12.1 Å². The lowest BCUT2D eigenvalue weighted by Crippen LogP contribution is -2.33. The molecule has 2 aromatic carbocycles. The predicted molar refractivity (Wildman–Crippen MR) is 167 cm³/mol. The number of hydrogen-bond acceptors (Lipinski definition) is 10. The minimum atomic E-state index is -0.799. The Hall–Kier alpha value is -3.80. The zero-order valence-electron chi connectivity index (χ0n) is 25.6. The number of aromatic hydroxyl groups is 1. The number of carbonyl (C=O) groups is 4. The van der Waals surface area contributed by atoms with Crippen molar-refractivity contribution in [3.8, 4) is 17.2 Å². The Kier molecular flexibility index (Phi) is 12.0. The van der Waals surface area contributed by atoms with E-state index in [1.807, 2.05) is 31.1 Å². The second-order valence-corrected chi connectivity index (χ2v) is 11.9. The number of aryl methyl sites for hydroxylation is 1. The third kappa shape index (κ3) is 8.02. The van der Waals surface area contributed by atoms with Crippen LogP contribution >= 0.6 is 0 Å². The molecule has 1 aliphatic heterocycles. The van der Waals surface area contributed by atoms with Crippen molar-refractivity contribution in [3.63, 3.8) is 0 Å². The molecule has 11 heteroatoms. The normalized spacial score (nSPS) is 16.5. The lowest BCUT2D eigenvalue weighted by Gasteiger charge is -2.33. The van der Waals surface area contributed by atoms with Crippen molar-refractivity contribution < 1.29 is 52.3 Å². The number of hydrogen-bond donors (Lipinski definition) is 3. The standard InChI is InChI=1S/C33H41NO9.H2O.2H2/c1-19(37)10-28(39)26(17-36)22(8-9-35)11-21-13-25-27(34(2)3)16-23(33(41)32(25)29(40)14-21)5-6-24(38)12-20-4-7-30-31(15-20)43-18-42-30;;;/h4,7,15-16,21-22,26,35-36,41H,5-6,8-14,17-18H2,1-3H3;1H2;2*1H. The van der Waals surface area contributed by atoms with Crippen molar-refractivity contribution in [1.82, 2.24) is 0 Å². The molecule has 0 fully saturated rings. The summed E-state index contributed by atoms with van der Waals surface area (Å²) >= 11 is 0. The lowest BCUT2D eigenvalue weighted by atomic mass is 9.73. The van der Waals surface area contributed by atoms with E-state index in [4.69, 9.17) is 9.47 Å². The van der Waals surface area contributed by atoms with Crippen LogP contribution < -0.4 is 14.4 Å². The van der Waals surface area contributed by atoms with Gasteiger partial charge in [-0.1, -0.05) is 6.07 Å². The fraction of sp³-hybridized carbons (Fsp3) is 0.515. The van der Waals surface area contributed by atoms with E-state index in [-0.39, 0.29) is 101 Å². The number of ketones is 4. The van der Waals surface area contributed by atoms with Gasteiger partial charge in [0, 0.05) is 54.4 Å². The molecule has 0 radical (unpaired) electrons. The van der Waals surface area contributed by atoms with Crippen LogP contribution in [0.15, 0.2) is 24.3 Å². The monoisotopic (exact) mass is 617 g/mol. The van der Waals surface area contributed by atoms with Crippen LogP contribution in [-0.2, 0) is 33.6 Å². The summed E-state index contributed by atoms with van der Waals surface area (Å²) in [5.41, 5.74) is 3.09. The Morgan fingerprint density at radius 2 is 1.82 bits per heavy atom. The van der Waals surface area contributed by atoms with Crippen molar-refractivity contribution in [2.75, 3.05) is 39.0 Å². The summed E-state index contributed by atoms with van der Waals surface area (Å²) in [6.45, 7) is 0.856. The van der Waals surface area contributed by atoms with Crippen LogP contribution in [0.5, 0.6) is 17.2 Å². The molecule has 2 aromatic rings. The highest BCUT2D eigenvalue weighted by Gasteiger charge is 2.36. The van der Waals surface area contributed by atoms with E-state index in [0.29, 0.717) is 35.5 Å². The van der Waals surface area contributed by atoms with Gasteiger partial charge in [-0.2, -0.15) is 0 Å². The number of nitrogens with zero attached hydrogens (tertiary/aromatic N) is 1. The molecule has 3 unspecified atom stereocenters. The molecule has 244 valence electrons. The summed E-state index contributed by atoms with van der Waals surface area (Å²) in [5.74, 6) is -1.09. The van der Waals surface area contributed by atoms with Gasteiger partial charge in [0.25, 0.3) is 0 Å². The number of aliphatic hydroxyl groups is 2. The SMILES string of the molecule is CC(=O)CC(=O)C(CO)C(CCO)CC1CC(=O)c2c(O)c(CCC(=O)Cc3ccc4c(c3)OCO4)cc(N(C)C)c2C1.O.[HH].[HH]. The van der Waals surface area contributed by atoms with E-state index in [2.05, 4.69) is 0 Å². The van der Waals surface area contributed by atoms with Gasteiger partial charge in [0.15, 0.2) is 17.3 Å². The summed E-state index contributed by atoms with van der Waals surface area (Å²) in [6, 6.07) is 7.23. The van der Waals surface area contributed by atoms with Crippen molar-refractivity contribution in [2.45, 2.75) is 58.3 Å². The van der Waals surface area contributed by atoms with Gasteiger partial charge in [-0.05, 0) is 79.3 Å². The molecule has 1 heterocycles. The minimum Gasteiger partial charge on any atom is -0.507 e. The molecule has 4 rings (SSSR count). The maximum absolute atomic E-state index is 13.5. The van der Waals surface area contributed by atoms with E-state index in [9.17, 15) is 34.5 Å². The molecule has 3 atom stereocenters. The molecule has 0 amide bonds. The van der Waals surface area contributed by atoms with Crippen molar-refractivity contribution in [2.24, 2.45) is 17.8 Å². The number of benzene rings is 2. The molecule has 0 bridgehead atoms. The first-order valence-electron chi connectivity index (χ1n) is 14.7. The van der Waals surface area contributed by atoms with Gasteiger partial charge >= 0.3 is 0 Å². The second-order valence-electron chi connectivity index (χ2n) is 11.9. The molecule has 44 heavy (non-hydrogen) atoms. The van der Waals surface area contributed by atoms with Crippen LogP contribution in [0.4, 0.5) is 5.69 Å². The van der Waals surface area contributed by atoms with Crippen LogP contribution in [0.25, 0.3) is 0 Å². The van der Waals surface area contributed by atoms with Gasteiger partial charge in [-0.15, -0.1) is 0 Å². The maximum Gasteiger partial charge on any atom is 0.231 e. The molecular weight excluding hydrogens is 570 g/mol. The molecule has 0 spiro atoms. The molecule has 0 saturated carbocycles. The molecule has 0 saturated heterocycles. The number of Topliss-reactive ketones (excluding diaryl/α,β-unsaturated/α-hetero) is 4. The van der Waals surface area contributed by atoms with E-state index in [0.717, 1.165) is 11.3 Å². The second kappa shape index (κ2) is 15.3. The zero-order valence-corrected chi connectivity index (χ0v) is 25.6. The fourth-order valence-electron chi connectivity index (χ4n) is 6.35. The minimum absolute atomic E-state index is 0. The highest BCUT2D eigenvalue weighted by molar-refractivity contribution is 6.03. The fourth-order valence-corrected chi connectivity index (χ4v) is 6.35. The third-order valence-electron chi connectivity index (χ3n) is 8.44. The average molecular weight is 618 g/mol. The summed E-state index contributed by atoms with van der Waals surface area (Å²) < 4.78 is 10.7. The van der Waals surface area contributed by atoms with Crippen molar-refractivity contribution >= 4 is 28.8 Å². The number of ether oxygens (including phenoxy) is 2. The highest BCUT2D eigenvalue weighted by Crippen LogP contribution is 2.43. The summed E-state index contributed by atoms with van der Waals surface area (Å²) in [5, 5.41) is 30.9. The van der Waals surface area contributed by atoms with E-state index < -0.39 is 18.4 Å². The van der Waals surface area contributed by atoms with Crippen molar-refractivity contribution in [3.05, 3.63) is 46.5 Å². The van der Waals surface area contributed by atoms with Crippen LogP contribution in [-0.4, -0.2) is 78.0 Å². The Balaban J connectivity index is 0.00000353. The number of fused-ring (bicyclic) bond motifs is 2. The first-order valence-corrected chi connectivity index (χ1v) is 14.7. The quantitative estimate of drug-likeness (QED) is 0.251. The number of anilines is 1. The molecule has 2 aliphatic rings. The molecule has 0 aromatic heterocycles. The Labute approximate surface area is 260 Å². The number of rotatable bonds is 15. The molecule has 11 nitrogen and oxygen atoms in total. The number of phenols is 1. The smallest absolute Gasteiger partial charge is 0.231 e. The average Bonchev–Trinajstić information content (AvgIpc) is 3.40. The maximum atomic E-state index is 13.5. The van der Waals surface area contributed by atoms with Crippen LogP contribution in [0.2, 0.25) is 0 Å². The summed E-state index contributed by atoms with van der Waals surface area (Å²) in [4.78, 5) is 52.4. The molecule has 1 aliphatic carbocycles. The summed E-state index contributed by atoms with van der Waals surface area (Å²) in [7, 11) is 3.71. The molecule has 5 N–H and O–H groups in total. The van der Waals surface area contributed by atoms with Gasteiger partial charge in [0.05, 0.1) is 18.6 Å². The van der Waals surface area contributed by atoms with Gasteiger partial charge in [-0.3, -0.25) is 19.2 Å². The Morgan fingerprint density at radius 1 is 1.09 bits per heavy atom. The summed E-state index contributed by atoms with van der Waals surface area (Å²) in [6.07, 6.45) is 1.66. The van der Waals surface area contributed by atoms with Crippen LogP contribution in [0.3, 0.4) is 0 Å². The zero-order chi connectivity index (χ0) is 31.3. The topological polar surface area (TPSA) is 182 Å². The number of aliphatic hydroxyl groups excluding tert-OH is 2. The van der Waals surface area contributed by atoms with E-state index in [1.165, 1.54) is 6.92 Å². The van der Waals surface area contributed by atoms with Gasteiger partial charge in [0.1, 0.15) is 23.1 Å². The number of phenolic OH excluding ortho intramolecular Hbond substituents is 1. The predicted octanol–water partition coefficient (Wildman–Crippen LogP) is 2.89. The first kappa shape index (κ1) is 34.7. The van der Waals surface area contributed by atoms with Crippen LogP contribution in [0.1, 0.15) is 68.9 Å². The third-order valence-corrected chi connectivity index (χ3v) is 8.44. The van der Waals surface area contributed by atoms with Gasteiger partial charge in [0.2, 0.25) is 6.79 Å². The lowest BCUT2D eigenvalue weighted by molar-refractivity contribution is -0.131.